The van der Waals surface area contributed by atoms with Crippen LogP contribution in [0, 0.1) is 0 Å². The van der Waals surface area contributed by atoms with E-state index < -0.39 is 22.4 Å². The van der Waals surface area contributed by atoms with Gasteiger partial charge in [-0.2, -0.15) is 0 Å². The fraction of sp³-hybridized carbons (Fsp3) is 0.0455. The molecule has 0 unspecified atom stereocenters. The van der Waals surface area contributed by atoms with E-state index in [9.17, 15) is 18.3 Å². The van der Waals surface area contributed by atoms with Crippen LogP contribution in [0.15, 0.2) is 89.8 Å². The first-order valence-electron chi connectivity index (χ1n) is 8.69. The molecule has 0 fully saturated rings. The maximum atomic E-state index is 13.5. The third-order valence-corrected chi connectivity index (χ3v) is 6.36. The van der Waals surface area contributed by atoms with Gasteiger partial charge in [0.05, 0.1) is 17.0 Å². The van der Waals surface area contributed by atoms with Gasteiger partial charge in [-0.1, -0.05) is 66.7 Å². The van der Waals surface area contributed by atoms with Gasteiger partial charge in [0.15, 0.2) is 0 Å². The third-order valence-electron chi connectivity index (χ3n) is 4.63. The van der Waals surface area contributed by atoms with Crippen molar-refractivity contribution in [2.45, 2.75) is 11.5 Å². The number of aliphatic hydroxyl groups excluding tert-OH is 1. The lowest BCUT2D eigenvalue weighted by Crippen LogP contribution is -2.20. The molecule has 0 bridgehead atoms. The zero-order valence-corrected chi connectivity index (χ0v) is 15.6. The molecule has 0 saturated carbocycles. The van der Waals surface area contributed by atoms with Gasteiger partial charge < -0.3 is 5.11 Å². The smallest absolute Gasteiger partial charge is 0.268 e. The summed E-state index contributed by atoms with van der Waals surface area (Å²) in [4.78, 5) is 13.4. The number of fused-ring (bicyclic) bond motifs is 1. The van der Waals surface area contributed by atoms with E-state index in [4.69, 9.17) is 0 Å². The number of rotatable bonds is 5. The van der Waals surface area contributed by atoms with Gasteiger partial charge in [0.25, 0.3) is 10.0 Å². The van der Waals surface area contributed by atoms with Crippen molar-refractivity contribution in [3.8, 4) is 0 Å². The van der Waals surface area contributed by atoms with Crippen LogP contribution < -0.4 is 0 Å². The summed E-state index contributed by atoms with van der Waals surface area (Å²) < 4.78 is 28.0. The first-order chi connectivity index (χ1) is 13.6. The van der Waals surface area contributed by atoms with Crippen LogP contribution in [0.3, 0.4) is 0 Å². The molecule has 0 aliphatic carbocycles. The average Bonchev–Trinajstić information content (AvgIpc) is 3.09. The van der Waals surface area contributed by atoms with Gasteiger partial charge in [0.2, 0.25) is 5.78 Å². The summed E-state index contributed by atoms with van der Waals surface area (Å²) in [6, 6.07) is 23.2. The summed E-state index contributed by atoms with van der Waals surface area (Å²) in [6.45, 7) is -0.453. The molecule has 0 radical (unpaired) electrons. The molecule has 1 heterocycles. The highest BCUT2D eigenvalue weighted by Gasteiger charge is 2.30. The largest absolute Gasteiger partial charge is 0.392 e. The van der Waals surface area contributed by atoms with Crippen molar-refractivity contribution in [3.05, 3.63) is 102 Å². The van der Waals surface area contributed by atoms with Crippen LogP contribution in [0.5, 0.6) is 0 Å². The SMILES string of the molecule is O=C(c1ccccc1)c1c(CO)c2ccccc2n1S(=O)(=O)c1ccccc1. The second kappa shape index (κ2) is 7.07. The van der Waals surface area contributed by atoms with Crippen LogP contribution in [0.2, 0.25) is 0 Å². The normalized spacial score (nSPS) is 11.6. The summed E-state index contributed by atoms with van der Waals surface area (Å²) in [7, 11) is -4.05. The molecule has 6 heteroatoms. The van der Waals surface area contributed by atoms with E-state index in [2.05, 4.69) is 0 Å². The van der Waals surface area contributed by atoms with Crippen molar-refractivity contribution in [2.75, 3.05) is 0 Å². The fourth-order valence-corrected chi connectivity index (χ4v) is 4.90. The Kier molecular flexibility index (Phi) is 4.58. The van der Waals surface area contributed by atoms with Gasteiger partial charge in [-0.05, 0) is 18.2 Å². The fourth-order valence-electron chi connectivity index (χ4n) is 3.34. The molecule has 140 valence electrons. The quantitative estimate of drug-likeness (QED) is 0.528. The van der Waals surface area contributed by atoms with Crippen molar-refractivity contribution < 1.29 is 18.3 Å². The molecule has 0 aliphatic rings. The maximum absolute atomic E-state index is 13.5. The zero-order valence-electron chi connectivity index (χ0n) is 14.8. The molecule has 1 N–H and O–H groups in total. The molecule has 28 heavy (non-hydrogen) atoms. The lowest BCUT2D eigenvalue weighted by molar-refractivity contribution is 0.103. The lowest BCUT2D eigenvalue weighted by atomic mass is 10.0. The lowest BCUT2D eigenvalue weighted by Gasteiger charge is -2.12. The Labute approximate surface area is 162 Å². The first kappa shape index (κ1) is 18.2. The molecule has 5 nitrogen and oxygen atoms in total. The number of aliphatic hydroxyl groups is 1. The minimum Gasteiger partial charge on any atom is -0.392 e. The van der Waals surface area contributed by atoms with Crippen LogP contribution in [-0.2, 0) is 16.6 Å². The van der Waals surface area contributed by atoms with E-state index in [0.717, 1.165) is 3.97 Å². The molecule has 4 rings (SSSR count). The minimum absolute atomic E-state index is 0.0428. The number of aromatic nitrogens is 1. The molecular formula is C22H17NO4S. The van der Waals surface area contributed by atoms with Crippen molar-refractivity contribution in [1.29, 1.82) is 0 Å². The summed E-state index contributed by atoms with van der Waals surface area (Å²) in [6.07, 6.45) is 0. The van der Waals surface area contributed by atoms with E-state index in [0.29, 0.717) is 22.0 Å². The third kappa shape index (κ3) is 2.83. The number of para-hydroxylation sites is 1. The van der Waals surface area contributed by atoms with Crippen LogP contribution in [0.1, 0.15) is 21.6 Å². The number of ketones is 1. The molecule has 0 saturated heterocycles. The van der Waals surface area contributed by atoms with E-state index in [1.54, 1.807) is 72.8 Å². The molecular weight excluding hydrogens is 374 g/mol. The number of benzene rings is 3. The van der Waals surface area contributed by atoms with Gasteiger partial charge in [-0.15, -0.1) is 0 Å². The highest BCUT2D eigenvalue weighted by Crippen LogP contribution is 2.32. The Morgan fingerprint density at radius 1 is 0.821 bits per heavy atom. The topological polar surface area (TPSA) is 76.4 Å². The molecule has 0 spiro atoms. The maximum Gasteiger partial charge on any atom is 0.268 e. The highest BCUT2D eigenvalue weighted by atomic mass is 32.2. The van der Waals surface area contributed by atoms with Crippen LogP contribution in [0.4, 0.5) is 0 Å². The standard InChI is InChI=1S/C22H17NO4S/c24-15-19-18-13-7-8-14-20(18)23(28(26,27)17-11-5-2-6-12-17)21(19)22(25)16-9-3-1-4-10-16/h1-14,24H,15H2. The van der Waals surface area contributed by atoms with E-state index >= 15 is 0 Å². The Hall–Kier alpha value is -3.22. The van der Waals surface area contributed by atoms with Crippen molar-refractivity contribution >= 4 is 26.7 Å². The summed E-state index contributed by atoms with van der Waals surface area (Å²) in [5.74, 6) is -0.458. The first-order valence-corrected chi connectivity index (χ1v) is 10.1. The Morgan fingerprint density at radius 3 is 2.04 bits per heavy atom. The monoisotopic (exact) mass is 391 g/mol. The number of carbonyl (C=O) groups is 1. The number of hydrogen-bond donors (Lipinski definition) is 1. The van der Waals surface area contributed by atoms with Crippen LogP contribution >= 0.6 is 0 Å². The van der Waals surface area contributed by atoms with Gasteiger partial charge in [-0.3, -0.25) is 4.79 Å². The van der Waals surface area contributed by atoms with E-state index in [1.807, 2.05) is 0 Å². The molecule has 0 aliphatic heterocycles. The summed E-state index contributed by atoms with van der Waals surface area (Å²) in [5, 5.41) is 10.5. The second-order valence-corrected chi connectivity index (χ2v) is 8.07. The van der Waals surface area contributed by atoms with Gasteiger partial charge in [0.1, 0.15) is 5.69 Å². The van der Waals surface area contributed by atoms with Crippen molar-refractivity contribution in [2.24, 2.45) is 0 Å². The van der Waals surface area contributed by atoms with E-state index in [1.165, 1.54) is 12.1 Å². The van der Waals surface area contributed by atoms with Crippen molar-refractivity contribution in [3.63, 3.8) is 0 Å². The minimum atomic E-state index is -4.05. The summed E-state index contributed by atoms with van der Waals surface area (Å²) >= 11 is 0. The average molecular weight is 391 g/mol. The molecule has 1 aromatic heterocycles. The number of hydrogen-bond acceptors (Lipinski definition) is 4. The molecule has 0 atom stereocenters. The number of carbonyl (C=O) groups excluding carboxylic acids is 1. The van der Waals surface area contributed by atoms with E-state index in [-0.39, 0.29) is 10.6 Å². The molecule has 0 amide bonds. The van der Waals surface area contributed by atoms with Crippen LogP contribution in [-0.4, -0.2) is 23.3 Å². The Bertz CT molecular complexity index is 1260. The zero-order chi connectivity index (χ0) is 19.7. The van der Waals surface area contributed by atoms with Crippen molar-refractivity contribution in [1.82, 2.24) is 3.97 Å². The highest BCUT2D eigenvalue weighted by molar-refractivity contribution is 7.90. The predicted molar refractivity (Wildman–Crippen MR) is 107 cm³/mol. The Balaban J connectivity index is 2.10. The summed E-state index contributed by atoms with van der Waals surface area (Å²) in [5.41, 5.74) is 0.960. The second-order valence-electron chi connectivity index (χ2n) is 6.28. The van der Waals surface area contributed by atoms with Gasteiger partial charge >= 0.3 is 0 Å². The van der Waals surface area contributed by atoms with Crippen LogP contribution in [0.25, 0.3) is 10.9 Å². The molecule has 4 aromatic rings. The number of nitrogens with zero attached hydrogens (tertiary/aromatic N) is 1. The van der Waals surface area contributed by atoms with Gasteiger partial charge in [-0.25, -0.2) is 12.4 Å². The predicted octanol–water partition coefficient (Wildman–Crippen LogP) is 3.60. The molecule has 3 aromatic carbocycles. The Morgan fingerprint density at radius 2 is 1.39 bits per heavy atom. The van der Waals surface area contributed by atoms with Gasteiger partial charge in [0, 0.05) is 16.5 Å².